The van der Waals surface area contributed by atoms with E-state index in [1.807, 2.05) is 18.4 Å². The van der Waals surface area contributed by atoms with Crippen molar-refractivity contribution in [2.45, 2.75) is 17.7 Å². The van der Waals surface area contributed by atoms with Gasteiger partial charge in [0.1, 0.15) is 0 Å². The molecular formula is C14H20Cl2N2OS. The van der Waals surface area contributed by atoms with E-state index in [0.717, 1.165) is 24.4 Å². The molecule has 1 aromatic rings. The van der Waals surface area contributed by atoms with Crippen molar-refractivity contribution in [1.29, 1.82) is 0 Å². The van der Waals surface area contributed by atoms with Crippen molar-refractivity contribution < 1.29 is 4.79 Å². The summed E-state index contributed by atoms with van der Waals surface area (Å²) in [6.45, 7) is 2.88. The number of rotatable bonds is 5. The Morgan fingerprint density at radius 1 is 1.55 bits per heavy atom. The van der Waals surface area contributed by atoms with E-state index in [-0.39, 0.29) is 18.3 Å². The molecular weight excluding hydrogens is 315 g/mol. The number of amides is 1. The van der Waals surface area contributed by atoms with Crippen LogP contribution in [0.3, 0.4) is 0 Å². The van der Waals surface area contributed by atoms with Crippen molar-refractivity contribution in [2.75, 3.05) is 25.9 Å². The first kappa shape index (κ1) is 17.6. The molecule has 6 heteroatoms. The number of hydrogen-bond acceptors (Lipinski definition) is 3. The lowest BCUT2D eigenvalue weighted by molar-refractivity contribution is 0.0951. The lowest BCUT2D eigenvalue weighted by atomic mass is 10.1. The van der Waals surface area contributed by atoms with E-state index in [0.29, 0.717) is 23.0 Å². The SMILES string of the molecule is CSc1ccc(Cl)c(C(=O)NCCC2CCNC2)c1.Cl. The van der Waals surface area contributed by atoms with E-state index in [1.165, 1.54) is 6.42 Å². The number of thioether (sulfide) groups is 1. The fourth-order valence-corrected chi connectivity index (χ4v) is 2.89. The highest BCUT2D eigenvalue weighted by Gasteiger charge is 2.15. The second-order valence-electron chi connectivity index (χ2n) is 4.75. The molecule has 1 atom stereocenters. The number of carbonyl (C=O) groups excluding carboxylic acids is 1. The van der Waals surface area contributed by atoms with Crippen molar-refractivity contribution in [2.24, 2.45) is 5.92 Å². The van der Waals surface area contributed by atoms with Crippen molar-refractivity contribution in [3.8, 4) is 0 Å². The molecule has 0 aromatic heterocycles. The van der Waals surface area contributed by atoms with E-state index < -0.39 is 0 Å². The smallest absolute Gasteiger partial charge is 0.252 e. The number of halogens is 2. The molecule has 0 spiro atoms. The van der Waals surface area contributed by atoms with Crippen molar-refractivity contribution >= 4 is 41.7 Å². The molecule has 0 radical (unpaired) electrons. The normalized spacial score (nSPS) is 17.6. The van der Waals surface area contributed by atoms with Gasteiger partial charge in [-0.1, -0.05) is 11.6 Å². The number of hydrogen-bond donors (Lipinski definition) is 2. The molecule has 1 saturated heterocycles. The maximum Gasteiger partial charge on any atom is 0.252 e. The van der Waals surface area contributed by atoms with Gasteiger partial charge in [0, 0.05) is 11.4 Å². The van der Waals surface area contributed by atoms with E-state index in [2.05, 4.69) is 10.6 Å². The number of carbonyl (C=O) groups is 1. The van der Waals surface area contributed by atoms with Crippen LogP contribution in [0.15, 0.2) is 23.1 Å². The predicted molar refractivity (Wildman–Crippen MR) is 88.4 cm³/mol. The van der Waals surface area contributed by atoms with Gasteiger partial charge in [0.15, 0.2) is 0 Å². The van der Waals surface area contributed by atoms with Crippen LogP contribution in [0.2, 0.25) is 5.02 Å². The molecule has 1 aromatic carbocycles. The Kier molecular flexibility index (Phi) is 7.74. The minimum absolute atomic E-state index is 0. The standard InChI is InChI=1S/C14H19ClN2OS.ClH/c1-19-11-2-3-13(15)12(8-11)14(18)17-7-5-10-4-6-16-9-10;/h2-3,8,10,16H,4-7,9H2,1H3,(H,17,18);1H. The van der Waals surface area contributed by atoms with Crippen LogP contribution in [0, 0.1) is 5.92 Å². The maximum atomic E-state index is 12.1. The van der Waals surface area contributed by atoms with E-state index >= 15 is 0 Å². The Bertz CT molecular complexity index is 451. The zero-order valence-electron chi connectivity index (χ0n) is 11.4. The first-order valence-corrected chi connectivity index (χ1v) is 8.13. The summed E-state index contributed by atoms with van der Waals surface area (Å²) in [5.41, 5.74) is 0.568. The van der Waals surface area contributed by atoms with Crippen LogP contribution >= 0.6 is 35.8 Å². The fraction of sp³-hybridized carbons (Fsp3) is 0.500. The summed E-state index contributed by atoms with van der Waals surface area (Å²) in [6, 6.07) is 5.55. The zero-order valence-corrected chi connectivity index (χ0v) is 13.8. The molecule has 1 heterocycles. The maximum absolute atomic E-state index is 12.1. The minimum atomic E-state index is -0.0770. The number of benzene rings is 1. The van der Waals surface area contributed by atoms with Crippen molar-refractivity contribution in [3.63, 3.8) is 0 Å². The van der Waals surface area contributed by atoms with Crippen LogP contribution in [0.5, 0.6) is 0 Å². The summed E-state index contributed by atoms with van der Waals surface area (Å²) in [4.78, 5) is 13.1. The highest BCUT2D eigenvalue weighted by Crippen LogP contribution is 2.23. The van der Waals surface area contributed by atoms with Gasteiger partial charge in [-0.25, -0.2) is 0 Å². The topological polar surface area (TPSA) is 41.1 Å². The van der Waals surface area contributed by atoms with E-state index in [9.17, 15) is 4.79 Å². The molecule has 1 fully saturated rings. The van der Waals surface area contributed by atoms with Crippen molar-refractivity contribution in [3.05, 3.63) is 28.8 Å². The average Bonchev–Trinajstić information content (AvgIpc) is 2.92. The lowest BCUT2D eigenvalue weighted by Gasteiger charge is -2.10. The molecule has 20 heavy (non-hydrogen) atoms. The summed E-state index contributed by atoms with van der Waals surface area (Å²) in [5.74, 6) is 0.611. The molecule has 0 saturated carbocycles. The van der Waals surface area contributed by atoms with Gasteiger partial charge in [-0.15, -0.1) is 24.2 Å². The Hall–Kier alpha value is -0.420. The van der Waals surface area contributed by atoms with Crippen LogP contribution < -0.4 is 10.6 Å². The molecule has 1 aliphatic rings. The fourth-order valence-electron chi connectivity index (χ4n) is 2.25. The molecule has 0 aliphatic carbocycles. The van der Waals surface area contributed by atoms with Gasteiger partial charge in [-0.05, 0) is 56.3 Å². The van der Waals surface area contributed by atoms with Crippen LogP contribution in [0.1, 0.15) is 23.2 Å². The first-order chi connectivity index (χ1) is 9.20. The Morgan fingerprint density at radius 3 is 3.00 bits per heavy atom. The third-order valence-corrected chi connectivity index (χ3v) is 4.47. The van der Waals surface area contributed by atoms with Crippen LogP contribution in [-0.2, 0) is 0 Å². The Morgan fingerprint density at radius 2 is 2.35 bits per heavy atom. The summed E-state index contributed by atoms with van der Waals surface area (Å²) >= 11 is 7.68. The molecule has 0 bridgehead atoms. The van der Waals surface area contributed by atoms with Gasteiger partial charge in [0.25, 0.3) is 5.91 Å². The second kappa shape index (κ2) is 8.78. The average molecular weight is 335 g/mol. The zero-order chi connectivity index (χ0) is 13.7. The highest BCUT2D eigenvalue weighted by atomic mass is 35.5. The Balaban J connectivity index is 0.00000200. The molecule has 112 valence electrons. The van der Waals surface area contributed by atoms with E-state index in [1.54, 1.807) is 17.8 Å². The van der Waals surface area contributed by atoms with Crippen LogP contribution in [-0.4, -0.2) is 31.8 Å². The molecule has 2 N–H and O–H groups in total. The summed E-state index contributed by atoms with van der Waals surface area (Å²) < 4.78 is 0. The van der Waals surface area contributed by atoms with Gasteiger partial charge in [-0.3, -0.25) is 4.79 Å². The monoisotopic (exact) mass is 334 g/mol. The highest BCUT2D eigenvalue weighted by molar-refractivity contribution is 7.98. The first-order valence-electron chi connectivity index (χ1n) is 6.53. The van der Waals surface area contributed by atoms with Gasteiger partial charge < -0.3 is 10.6 Å². The van der Waals surface area contributed by atoms with Crippen molar-refractivity contribution in [1.82, 2.24) is 10.6 Å². The van der Waals surface area contributed by atoms with Gasteiger partial charge >= 0.3 is 0 Å². The Labute approximate surface area is 135 Å². The minimum Gasteiger partial charge on any atom is -0.352 e. The van der Waals surface area contributed by atoms with E-state index in [4.69, 9.17) is 11.6 Å². The molecule has 3 nitrogen and oxygen atoms in total. The predicted octanol–water partition coefficient (Wildman–Crippen LogP) is 3.21. The quantitative estimate of drug-likeness (QED) is 0.812. The third kappa shape index (κ3) is 4.85. The molecule has 1 unspecified atom stereocenters. The van der Waals surface area contributed by atoms with Gasteiger partial charge in [-0.2, -0.15) is 0 Å². The molecule has 1 amide bonds. The summed E-state index contributed by atoms with van der Waals surface area (Å²) in [5, 5.41) is 6.80. The summed E-state index contributed by atoms with van der Waals surface area (Å²) in [7, 11) is 0. The second-order valence-corrected chi connectivity index (χ2v) is 6.04. The third-order valence-electron chi connectivity index (χ3n) is 3.42. The lowest BCUT2D eigenvalue weighted by Crippen LogP contribution is -2.26. The summed E-state index contributed by atoms with van der Waals surface area (Å²) in [6.07, 6.45) is 4.22. The molecule has 1 aliphatic heterocycles. The van der Waals surface area contributed by atoms with Crippen LogP contribution in [0.25, 0.3) is 0 Å². The molecule has 2 rings (SSSR count). The van der Waals surface area contributed by atoms with Gasteiger partial charge in [0.05, 0.1) is 10.6 Å². The largest absolute Gasteiger partial charge is 0.352 e. The van der Waals surface area contributed by atoms with Crippen LogP contribution in [0.4, 0.5) is 0 Å². The number of nitrogens with one attached hydrogen (secondary N) is 2. The van der Waals surface area contributed by atoms with Gasteiger partial charge in [0.2, 0.25) is 0 Å².